The number of carbonyl (C=O) groups is 2. The molecule has 0 fully saturated rings. The van der Waals surface area contributed by atoms with Crippen molar-refractivity contribution in [3.05, 3.63) is 0 Å². The lowest BCUT2D eigenvalue weighted by Crippen LogP contribution is -2.16. The molecule has 0 aromatic rings. The number of hydrogen-bond acceptors (Lipinski definition) is 5. The summed E-state index contributed by atoms with van der Waals surface area (Å²) in [6.07, 6.45) is 0. The molecule has 0 rings (SSSR count). The van der Waals surface area contributed by atoms with Crippen molar-refractivity contribution in [1.82, 2.24) is 4.90 Å². The Morgan fingerprint density at radius 1 is 1.27 bits per heavy atom. The van der Waals surface area contributed by atoms with Crippen LogP contribution in [0.2, 0.25) is 0 Å². The van der Waals surface area contributed by atoms with E-state index in [1.54, 1.807) is 29.8 Å². The third-order valence-corrected chi connectivity index (χ3v) is 4.00. The molecule has 0 aliphatic carbocycles. The van der Waals surface area contributed by atoms with Crippen LogP contribution in [0.15, 0.2) is 0 Å². The van der Waals surface area contributed by atoms with Gasteiger partial charge in [-0.2, -0.15) is 0 Å². The molecule has 0 spiro atoms. The molecule has 0 aliphatic rings. The van der Waals surface area contributed by atoms with Crippen LogP contribution >= 0.6 is 21.6 Å². The number of amides is 2. The molecule has 2 amide bonds. The van der Waals surface area contributed by atoms with Gasteiger partial charge in [-0.15, -0.1) is 0 Å². The van der Waals surface area contributed by atoms with Gasteiger partial charge in [0.1, 0.15) is 0 Å². The van der Waals surface area contributed by atoms with Crippen molar-refractivity contribution in [2.24, 2.45) is 5.73 Å². The molecule has 2 N–H and O–H groups in total. The zero-order valence-electron chi connectivity index (χ0n) is 9.57. The lowest BCUT2D eigenvalue weighted by atomic mass is 10.3. The first kappa shape index (κ1) is 17.3. The van der Waals surface area contributed by atoms with Crippen LogP contribution in [-0.2, 0) is 12.6 Å². The van der Waals surface area contributed by atoms with Crippen LogP contribution in [0.25, 0.3) is 0 Å². The van der Waals surface area contributed by atoms with E-state index in [1.165, 1.54) is 10.8 Å². The van der Waals surface area contributed by atoms with Crippen LogP contribution in [0.3, 0.4) is 0 Å². The molecule has 0 unspecified atom stereocenters. The molecular formula is C8H17N2O2S3-. The molecule has 15 heavy (non-hydrogen) atoms. The Labute approximate surface area is 105 Å². The second-order valence-corrected chi connectivity index (χ2v) is 7.07. The Kier molecular flexibility index (Phi) is 9.28. The lowest BCUT2D eigenvalue weighted by molar-refractivity contribution is 0.241. The highest BCUT2D eigenvalue weighted by Crippen LogP contribution is 2.35. The predicted molar refractivity (Wildman–Crippen MR) is 71.0 cm³/mol. The molecule has 0 bridgehead atoms. The van der Waals surface area contributed by atoms with Crippen molar-refractivity contribution >= 4 is 44.7 Å². The van der Waals surface area contributed by atoms with Crippen molar-refractivity contribution in [2.45, 2.75) is 25.5 Å². The first-order chi connectivity index (χ1) is 6.56. The summed E-state index contributed by atoms with van der Waals surface area (Å²) in [5, 5.41) is -0.648. The monoisotopic (exact) mass is 269 g/mol. The van der Waals surface area contributed by atoms with Gasteiger partial charge in [-0.05, 0) is 0 Å². The van der Waals surface area contributed by atoms with E-state index in [4.69, 9.17) is 4.79 Å². The average Bonchev–Trinajstić information content (AvgIpc) is 1.97. The van der Waals surface area contributed by atoms with Crippen LogP contribution in [0, 0.1) is 0 Å². The average molecular weight is 269 g/mol. The summed E-state index contributed by atoms with van der Waals surface area (Å²) in [7, 11) is 6.42. The second kappa shape index (κ2) is 8.06. The Balaban J connectivity index is 0. The Morgan fingerprint density at radius 2 is 1.60 bits per heavy atom. The number of primary amides is 1. The standard InChI is InChI=1S/C7H15NOS2.CH3NOS/c1-7(2,3)11-10-6(9)8(4)5;2-1(3)4/h1-5H3;(H3,2,3,4)/p-1. The lowest BCUT2D eigenvalue weighted by Gasteiger charge is -2.17. The number of hydrogen-bond donors (Lipinski definition) is 1. The van der Waals surface area contributed by atoms with E-state index in [0.29, 0.717) is 0 Å². The van der Waals surface area contributed by atoms with E-state index in [9.17, 15) is 4.79 Å². The molecule has 90 valence electrons. The highest BCUT2D eigenvalue weighted by atomic mass is 33.1. The minimum Gasteiger partial charge on any atom is -0.719 e. The fourth-order valence-electron chi connectivity index (χ4n) is 0.235. The van der Waals surface area contributed by atoms with E-state index in [1.807, 2.05) is 0 Å². The maximum Gasteiger partial charge on any atom is 0.291 e. The third kappa shape index (κ3) is 20.1. The fourth-order valence-corrected chi connectivity index (χ4v) is 2.12. The number of nitrogens with two attached hydrogens (primary N) is 1. The van der Waals surface area contributed by atoms with Crippen molar-refractivity contribution in [3.8, 4) is 0 Å². The molecule has 0 radical (unpaired) electrons. The van der Waals surface area contributed by atoms with Crippen LogP contribution in [0.4, 0.5) is 9.59 Å². The number of rotatable bonds is 1. The van der Waals surface area contributed by atoms with Crippen LogP contribution in [0.1, 0.15) is 20.8 Å². The SMILES string of the molecule is CN(C)C(=O)SSC(C)(C)C.NC(=O)[S-]. The maximum absolute atomic E-state index is 11.1. The fraction of sp³-hybridized carbons (Fsp3) is 0.750. The van der Waals surface area contributed by atoms with Gasteiger partial charge in [0.2, 0.25) is 0 Å². The van der Waals surface area contributed by atoms with Crippen molar-refractivity contribution in [3.63, 3.8) is 0 Å². The molecule has 0 atom stereocenters. The number of carbonyl (C=O) groups excluding carboxylic acids is 2. The summed E-state index contributed by atoms with van der Waals surface area (Å²) < 4.78 is 0.149. The summed E-state index contributed by atoms with van der Waals surface area (Å²) in [5.74, 6) is 0. The summed E-state index contributed by atoms with van der Waals surface area (Å²) in [6.45, 7) is 6.27. The highest BCUT2D eigenvalue weighted by molar-refractivity contribution is 8.82. The molecule has 0 aromatic heterocycles. The van der Waals surface area contributed by atoms with Gasteiger partial charge < -0.3 is 28.1 Å². The van der Waals surface area contributed by atoms with Crippen molar-refractivity contribution < 1.29 is 9.59 Å². The second-order valence-electron chi connectivity index (χ2n) is 3.76. The van der Waals surface area contributed by atoms with Gasteiger partial charge in [0.25, 0.3) is 5.24 Å². The van der Waals surface area contributed by atoms with Gasteiger partial charge >= 0.3 is 0 Å². The largest absolute Gasteiger partial charge is 0.719 e. The van der Waals surface area contributed by atoms with Crippen molar-refractivity contribution in [2.75, 3.05) is 14.1 Å². The third-order valence-electron chi connectivity index (χ3n) is 0.728. The van der Waals surface area contributed by atoms with Gasteiger partial charge in [0.15, 0.2) is 0 Å². The highest BCUT2D eigenvalue weighted by Gasteiger charge is 2.15. The van der Waals surface area contributed by atoms with Gasteiger partial charge in [-0.3, -0.25) is 4.79 Å². The first-order valence-electron chi connectivity index (χ1n) is 4.09. The smallest absolute Gasteiger partial charge is 0.291 e. The van der Waals surface area contributed by atoms with E-state index in [-0.39, 0.29) is 9.99 Å². The molecule has 0 saturated carbocycles. The summed E-state index contributed by atoms with van der Waals surface area (Å²) in [6, 6.07) is 0. The zero-order valence-corrected chi connectivity index (χ0v) is 12.0. The van der Waals surface area contributed by atoms with E-state index < -0.39 is 5.24 Å². The zero-order chi connectivity index (χ0) is 12.6. The van der Waals surface area contributed by atoms with E-state index in [2.05, 4.69) is 39.1 Å². The summed E-state index contributed by atoms with van der Waals surface area (Å²) in [4.78, 5) is 21.7. The van der Waals surface area contributed by atoms with Gasteiger partial charge in [-0.25, -0.2) is 0 Å². The molecule has 0 aliphatic heterocycles. The number of nitrogens with zero attached hydrogens (tertiary/aromatic N) is 1. The van der Waals surface area contributed by atoms with Gasteiger partial charge in [0, 0.05) is 29.6 Å². The Hall–Kier alpha value is -0.140. The van der Waals surface area contributed by atoms with E-state index >= 15 is 0 Å². The first-order valence-corrected chi connectivity index (χ1v) is 6.65. The molecule has 4 nitrogen and oxygen atoms in total. The topological polar surface area (TPSA) is 63.4 Å². The molecule has 0 aromatic carbocycles. The molecule has 0 heterocycles. The van der Waals surface area contributed by atoms with Gasteiger partial charge in [0.05, 0.1) is 5.24 Å². The molecule has 0 saturated heterocycles. The summed E-state index contributed by atoms with van der Waals surface area (Å²) >= 11 is 3.76. The van der Waals surface area contributed by atoms with E-state index in [0.717, 1.165) is 0 Å². The summed E-state index contributed by atoms with van der Waals surface area (Å²) in [5.41, 5.74) is 4.29. The quantitative estimate of drug-likeness (QED) is 0.585. The predicted octanol–water partition coefficient (Wildman–Crippen LogP) is 2.46. The minimum absolute atomic E-state index is 0.102. The van der Waals surface area contributed by atoms with Crippen LogP contribution in [-0.4, -0.2) is 34.2 Å². The van der Waals surface area contributed by atoms with Crippen LogP contribution in [0.5, 0.6) is 0 Å². The van der Waals surface area contributed by atoms with Crippen LogP contribution < -0.4 is 5.73 Å². The maximum atomic E-state index is 11.1. The Morgan fingerprint density at radius 3 is 1.80 bits per heavy atom. The van der Waals surface area contributed by atoms with Crippen molar-refractivity contribution in [1.29, 1.82) is 0 Å². The Bertz CT molecular complexity index is 210. The molecular weight excluding hydrogens is 252 g/mol. The van der Waals surface area contributed by atoms with Gasteiger partial charge in [-0.1, -0.05) is 31.6 Å². The molecule has 7 heteroatoms. The minimum atomic E-state index is -0.750. The normalized spacial score (nSPS) is 9.93.